The van der Waals surface area contributed by atoms with E-state index < -0.39 is 17.9 Å². The summed E-state index contributed by atoms with van der Waals surface area (Å²) in [6.07, 6.45) is -1.84. The third-order valence-corrected chi connectivity index (χ3v) is 4.41. The molecule has 1 heterocycles. The van der Waals surface area contributed by atoms with Crippen molar-refractivity contribution in [3.63, 3.8) is 0 Å². The molecule has 0 bridgehead atoms. The van der Waals surface area contributed by atoms with Crippen molar-refractivity contribution in [3.8, 4) is 0 Å². The molecule has 0 saturated carbocycles. The molecule has 0 spiro atoms. The zero-order valence-electron chi connectivity index (χ0n) is 14.5. The largest absolute Gasteiger partial charge is 0.435 e. The van der Waals surface area contributed by atoms with E-state index in [2.05, 4.69) is 15.7 Å². The first-order valence-electron chi connectivity index (χ1n) is 8.62. The smallest absolute Gasteiger partial charge is 0.336 e. The second-order valence-electron chi connectivity index (χ2n) is 6.45. The van der Waals surface area contributed by atoms with Gasteiger partial charge >= 0.3 is 12.2 Å². The number of hydrogen-bond acceptors (Lipinski definition) is 2. The monoisotopic (exact) mass is 366 g/mol. The van der Waals surface area contributed by atoms with Crippen molar-refractivity contribution < 1.29 is 18.0 Å². The second kappa shape index (κ2) is 7.39. The fourth-order valence-electron chi connectivity index (χ4n) is 3.26. The van der Waals surface area contributed by atoms with Gasteiger partial charge in [-0.25, -0.2) is 4.79 Å². The molecule has 5 nitrogen and oxygen atoms in total. The van der Waals surface area contributed by atoms with Gasteiger partial charge in [0.2, 0.25) is 0 Å². The molecule has 3 rings (SSSR count). The van der Waals surface area contributed by atoms with Crippen molar-refractivity contribution in [2.75, 3.05) is 11.9 Å². The first kappa shape index (κ1) is 18.3. The molecular weight excluding hydrogens is 345 g/mol. The van der Waals surface area contributed by atoms with Gasteiger partial charge in [-0.1, -0.05) is 12.1 Å². The molecule has 8 heteroatoms. The summed E-state index contributed by atoms with van der Waals surface area (Å²) in [5, 5.41) is 9.14. The fraction of sp³-hybridized carbons (Fsp3) is 0.444. The normalized spacial score (nSPS) is 14.0. The summed E-state index contributed by atoms with van der Waals surface area (Å²) in [6.45, 7) is 2.32. The Labute approximate surface area is 149 Å². The van der Waals surface area contributed by atoms with E-state index in [4.69, 9.17) is 0 Å². The number of alkyl halides is 3. The summed E-state index contributed by atoms with van der Waals surface area (Å²) >= 11 is 0. The van der Waals surface area contributed by atoms with Crippen LogP contribution in [-0.4, -0.2) is 22.4 Å². The van der Waals surface area contributed by atoms with Crippen LogP contribution < -0.4 is 10.6 Å². The molecule has 140 valence electrons. The SMILES string of the molecule is Cc1cccc(NC(=O)NCCn2nc(C(F)(F)F)c3c2CCCC3)c1. The highest BCUT2D eigenvalue weighted by Crippen LogP contribution is 2.35. The first-order valence-corrected chi connectivity index (χ1v) is 8.62. The zero-order valence-corrected chi connectivity index (χ0v) is 14.5. The molecule has 0 radical (unpaired) electrons. The Balaban J connectivity index is 1.61. The van der Waals surface area contributed by atoms with Crippen LogP contribution in [0.4, 0.5) is 23.7 Å². The van der Waals surface area contributed by atoms with Crippen LogP contribution in [0.2, 0.25) is 0 Å². The minimum absolute atomic E-state index is 0.197. The quantitative estimate of drug-likeness (QED) is 0.862. The average molecular weight is 366 g/mol. The molecule has 2 aromatic rings. The highest BCUT2D eigenvalue weighted by molar-refractivity contribution is 5.89. The van der Waals surface area contributed by atoms with E-state index in [9.17, 15) is 18.0 Å². The van der Waals surface area contributed by atoms with Crippen LogP contribution in [0, 0.1) is 6.92 Å². The summed E-state index contributed by atoms with van der Waals surface area (Å²) in [5.74, 6) is 0. The fourth-order valence-corrected chi connectivity index (χ4v) is 3.26. The number of anilines is 1. The molecule has 2 amide bonds. The van der Waals surface area contributed by atoms with Crippen LogP contribution >= 0.6 is 0 Å². The second-order valence-corrected chi connectivity index (χ2v) is 6.45. The summed E-state index contributed by atoms with van der Waals surface area (Å²) in [6, 6.07) is 6.96. The lowest BCUT2D eigenvalue weighted by Gasteiger charge is -2.15. The maximum Gasteiger partial charge on any atom is 0.435 e. The van der Waals surface area contributed by atoms with Gasteiger partial charge in [0.15, 0.2) is 5.69 Å². The molecule has 1 aromatic heterocycles. The predicted molar refractivity (Wildman–Crippen MR) is 92.1 cm³/mol. The molecule has 0 saturated heterocycles. The summed E-state index contributed by atoms with van der Waals surface area (Å²) in [5.41, 5.74) is 1.86. The highest BCUT2D eigenvalue weighted by atomic mass is 19.4. The van der Waals surface area contributed by atoms with E-state index in [1.807, 2.05) is 25.1 Å². The lowest BCUT2D eigenvalue weighted by atomic mass is 9.95. The van der Waals surface area contributed by atoms with Crippen molar-refractivity contribution in [1.82, 2.24) is 15.1 Å². The van der Waals surface area contributed by atoms with E-state index in [-0.39, 0.29) is 13.1 Å². The molecule has 1 aliphatic rings. The Morgan fingerprint density at radius 3 is 2.77 bits per heavy atom. The van der Waals surface area contributed by atoms with Gasteiger partial charge < -0.3 is 10.6 Å². The van der Waals surface area contributed by atoms with E-state index in [1.54, 1.807) is 6.07 Å². The van der Waals surface area contributed by atoms with Gasteiger partial charge in [-0.3, -0.25) is 4.68 Å². The van der Waals surface area contributed by atoms with Gasteiger partial charge in [0.25, 0.3) is 0 Å². The summed E-state index contributed by atoms with van der Waals surface area (Å²) < 4.78 is 40.9. The number of urea groups is 1. The highest BCUT2D eigenvalue weighted by Gasteiger charge is 2.39. The molecule has 2 N–H and O–H groups in total. The van der Waals surface area contributed by atoms with E-state index in [1.165, 1.54) is 4.68 Å². The number of aryl methyl sites for hydroxylation is 1. The third kappa shape index (κ3) is 4.17. The van der Waals surface area contributed by atoms with E-state index in [0.29, 0.717) is 29.8 Å². The third-order valence-electron chi connectivity index (χ3n) is 4.41. The van der Waals surface area contributed by atoms with Crippen LogP contribution in [0.1, 0.15) is 35.4 Å². The molecule has 0 atom stereocenters. The Morgan fingerprint density at radius 2 is 2.04 bits per heavy atom. The molecule has 26 heavy (non-hydrogen) atoms. The Kier molecular flexibility index (Phi) is 5.20. The van der Waals surface area contributed by atoms with Gasteiger partial charge in [0.05, 0.1) is 6.54 Å². The molecular formula is C18H21F3N4O. The lowest BCUT2D eigenvalue weighted by molar-refractivity contribution is -0.142. The Hall–Kier alpha value is -2.51. The van der Waals surface area contributed by atoms with Crippen LogP contribution in [0.5, 0.6) is 0 Å². The predicted octanol–water partition coefficient (Wildman–Crippen LogP) is 3.91. The van der Waals surface area contributed by atoms with Crippen LogP contribution in [0.15, 0.2) is 24.3 Å². The summed E-state index contributed by atoms with van der Waals surface area (Å²) in [4.78, 5) is 11.9. The maximum absolute atomic E-state index is 13.2. The average Bonchev–Trinajstić information content (AvgIpc) is 2.94. The topological polar surface area (TPSA) is 59.0 Å². The first-order chi connectivity index (χ1) is 12.3. The number of hydrogen-bond donors (Lipinski definition) is 2. The number of halogens is 3. The number of aromatic nitrogens is 2. The van der Waals surface area contributed by atoms with Gasteiger partial charge in [-0.05, 0) is 50.3 Å². The number of nitrogens with zero attached hydrogens (tertiary/aromatic N) is 2. The zero-order chi connectivity index (χ0) is 18.7. The molecule has 0 fully saturated rings. The molecule has 0 aliphatic heterocycles. The lowest BCUT2D eigenvalue weighted by Crippen LogP contribution is -2.32. The number of fused-ring (bicyclic) bond motifs is 1. The number of carbonyl (C=O) groups excluding carboxylic acids is 1. The van der Waals surface area contributed by atoms with Crippen molar-refractivity contribution in [3.05, 3.63) is 46.8 Å². The van der Waals surface area contributed by atoms with E-state index in [0.717, 1.165) is 18.4 Å². The maximum atomic E-state index is 13.2. The minimum atomic E-state index is -4.44. The standard InChI is InChI=1S/C18H21F3N4O/c1-12-5-4-6-13(11-12)23-17(26)22-9-10-25-15-8-3-2-7-14(15)16(24-25)18(19,20)21/h4-6,11H,2-3,7-10H2,1H3,(H2,22,23,26). The van der Waals surface area contributed by atoms with Gasteiger partial charge in [0.1, 0.15) is 0 Å². The molecule has 1 aromatic carbocycles. The number of amides is 2. The Bertz CT molecular complexity index is 798. The van der Waals surface area contributed by atoms with Gasteiger partial charge in [-0.2, -0.15) is 18.3 Å². The number of nitrogens with one attached hydrogen (secondary N) is 2. The number of carbonyl (C=O) groups is 1. The summed E-state index contributed by atoms with van der Waals surface area (Å²) in [7, 11) is 0. The van der Waals surface area contributed by atoms with Crippen LogP contribution in [-0.2, 0) is 25.6 Å². The van der Waals surface area contributed by atoms with E-state index >= 15 is 0 Å². The van der Waals surface area contributed by atoms with Crippen LogP contribution in [0.3, 0.4) is 0 Å². The number of rotatable bonds is 4. The molecule has 1 aliphatic carbocycles. The van der Waals surface area contributed by atoms with Crippen LogP contribution in [0.25, 0.3) is 0 Å². The minimum Gasteiger partial charge on any atom is -0.336 e. The molecule has 0 unspecified atom stereocenters. The van der Waals surface area contributed by atoms with Gasteiger partial charge in [-0.15, -0.1) is 0 Å². The van der Waals surface area contributed by atoms with Crippen molar-refractivity contribution in [2.24, 2.45) is 0 Å². The van der Waals surface area contributed by atoms with Crippen molar-refractivity contribution >= 4 is 11.7 Å². The number of benzene rings is 1. The van der Waals surface area contributed by atoms with Crippen molar-refractivity contribution in [2.45, 2.75) is 45.3 Å². The van der Waals surface area contributed by atoms with Gasteiger partial charge in [0, 0.05) is 23.5 Å². The Morgan fingerprint density at radius 1 is 1.27 bits per heavy atom. The van der Waals surface area contributed by atoms with Crippen molar-refractivity contribution in [1.29, 1.82) is 0 Å².